The van der Waals surface area contributed by atoms with Gasteiger partial charge in [0.2, 0.25) is 5.75 Å². The van der Waals surface area contributed by atoms with E-state index in [2.05, 4.69) is 44.3 Å². The Morgan fingerprint density at radius 3 is 2.18 bits per heavy atom. The van der Waals surface area contributed by atoms with Gasteiger partial charge in [0.15, 0.2) is 18.1 Å². The first-order chi connectivity index (χ1) is 27.6. The van der Waals surface area contributed by atoms with Crippen LogP contribution in [-0.4, -0.2) is 54.6 Å². The highest BCUT2D eigenvalue weighted by Gasteiger charge is 2.36. The first kappa shape index (κ1) is 38.8. The molecule has 7 rings (SSSR count). The Bertz CT molecular complexity index is 2410. The van der Waals surface area contributed by atoms with Crippen molar-refractivity contribution >= 4 is 34.4 Å². The Morgan fingerprint density at radius 2 is 1.51 bits per heavy atom. The molecule has 0 aliphatic heterocycles. The third-order valence-corrected chi connectivity index (χ3v) is 10.6. The molecule has 10 nitrogen and oxygen atoms in total. The number of nitrogens with one attached hydrogen (secondary N) is 1. The second kappa shape index (κ2) is 16.8. The highest BCUT2D eigenvalue weighted by molar-refractivity contribution is 6.07. The molecule has 1 unspecified atom stereocenters. The van der Waals surface area contributed by atoms with Crippen molar-refractivity contribution in [1.82, 2.24) is 20.1 Å². The van der Waals surface area contributed by atoms with Crippen LogP contribution in [0.3, 0.4) is 0 Å². The molecular weight excluding hydrogens is 717 g/mol. The van der Waals surface area contributed by atoms with Crippen molar-refractivity contribution < 1.29 is 28.5 Å². The highest BCUT2D eigenvalue weighted by atomic mass is 16.5. The van der Waals surface area contributed by atoms with Crippen molar-refractivity contribution in [3.63, 3.8) is 0 Å². The van der Waals surface area contributed by atoms with E-state index < -0.39 is 18.5 Å². The number of fused-ring (bicyclic) bond motifs is 2. The van der Waals surface area contributed by atoms with E-state index in [0.717, 1.165) is 51.2 Å². The van der Waals surface area contributed by atoms with Crippen molar-refractivity contribution in [2.75, 3.05) is 27.9 Å². The zero-order valence-electron chi connectivity index (χ0n) is 33.3. The van der Waals surface area contributed by atoms with Gasteiger partial charge in [-0.15, -0.1) is 0 Å². The Kier molecular flexibility index (Phi) is 11.4. The minimum Gasteiger partial charge on any atom is -0.493 e. The number of esters is 1. The molecule has 2 aromatic heterocycles. The molecule has 1 aliphatic rings. The third kappa shape index (κ3) is 8.55. The van der Waals surface area contributed by atoms with Crippen LogP contribution < -0.4 is 19.5 Å². The van der Waals surface area contributed by atoms with Crippen LogP contribution in [0.5, 0.6) is 17.2 Å². The molecule has 0 radical (unpaired) electrons. The molecule has 1 atom stereocenters. The molecule has 0 bridgehead atoms. The van der Waals surface area contributed by atoms with Gasteiger partial charge in [0, 0.05) is 29.3 Å². The number of carbonyl (C=O) groups is 2. The van der Waals surface area contributed by atoms with Gasteiger partial charge in [0.1, 0.15) is 0 Å². The lowest BCUT2D eigenvalue weighted by Crippen LogP contribution is -2.30. The van der Waals surface area contributed by atoms with Gasteiger partial charge in [-0.1, -0.05) is 99.6 Å². The molecule has 0 spiro atoms. The maximum atomic E-state index is 14.3. The summed E-state index contributed by atoms with van der Waals surface area (Å²) >= 11 is 0. The van der Waals surface area contributed by atoms with Gasteiger partial charge in [-0.25, -0.2) is 9.78 Å². The Labute approximate surface area is 333 Å². The molecule has 0 saturated heterocycles. The lowest BCUT2D eigenvalue weighted by atomic mass is 9.69. The summed E-state index contributed by atoms with van der Waals surface area (Å²) < 4.78 is 24.6. The average molecular weight is 765 g/mol. The highest BCUT2D eigenvalue weighted by Crippen LogP contribution is 2.46. The molecule has 57 heavy (non-hydrogen) atoms. The number of benzene rings is 4. The maximum absolute atomic E-state index is 14.3. The largest absolute Gasteiger partial charge is 0.493 e. The summed E-state index contributed by atoms with van der Waals surface area (Å²) in [6.45, 7) is 7.00. The number of amides is 1. The quantitative estimate of drug-likeness (QED) is 0.123. The van der Waals surface area contributed by atoms with Gasteiger partial charge in [-0.05, 0) is 70.7 Å². The monoisotopic (exact) mass is 764 g/mol. The van der Waals surface area contributed by atoms with Crippen LogP contribution in [0.15, 0.2) is 103 Å². The van der Waals surface area contributed by atoms with Gasteiger partial charge < -0.3 is 24.3 Å². The van der Waals surface area contributed by atoms with Crippen molar-refractivity contribution in [2.24, 2.45) is 11.3 Å². The van der Waals surface area contributed by atoms with E-state index in [1.807, 2.05) is 95.8 Å². The molecule has 6 aromatic rings. The number of rotatable bonds is 12. The standard InChI is InChI=1S/C47H48N4O6/c1-47(2,3)35-24-33(21-31-22-39(54-4)45(56-6)40(23-31)55-5)44-37(25-35)42(36-19-13-14-20-38(36)49-44)46(53)57-29-41(52)48-26-34-28-51(27-30-15-9-7-10-16-30)50-43(34)32-17-11-8-12-18-32/h7-23,28,35H,24-27,29H2,1-6H3,(H,48,52)/b33-21-. The molecule has 2 heterocycles. The number of hydrogen-bond donors (Lipinski definition) is 1. The summed E-state index contributed by atoms with van der Waals surface area (Å²) in [6, 6.07) is 31.4. The first-order valence-electron chi connectivity index (χ1n) is 19.1. The van der Waals surface area contributed by atoms with Crippen molar-refractivity contribution in [3.05, 3.63) is 137 Å². The van der Waals surface area contributed by atoms with Gasteiger partial charge in [-0.2, -0.15) is 5.10 Å². The molecule has 0 saturated carbocycles. The summed E-state index contributed by atoms with van der Waals surface area (Å²) in [7, 11) is 4.76. The zero-order valence-corrected chi connectivity index (χ0v) is 33.3. The normalized spacial score (nSPS) is 14.6. The predicted octanol–water partition coefficient (Wildman–Crippen LogP) is 8.79. The minimum absolute atomic E-state index is 0.0910. The maximum Gasteiger partial charge on any atom is 0.339 e. The van der Waals surface area contributed by atoms with E-state index in [1.165, 1.54) is 0 Å². The molecule has 10 heteroatoms. The third-order valence-electron chi connectivity index (χ3n) is 10.6. The molecule has 0 fully saturated rings. The van der Waals surface area contributed by atoms with E-state index >= 15 is 0 Å². The summed E-state index contributed by atoms with van der Waals surface area (Å²) in [5, 5.41) is 8.51. The lowest BCUT2D eigenvalue weighted by molar-refractivity contribution is -0.124. The number of carbonyl (C=O) groups excluding carboxylic acids is 2. The van der Waals surface area contributed by atoms with E-state index in [-0.39, 0.29) is 17.9 Å². The summed E-state index contributed by atoms with van der Waals surface area (Å²) in [5.74, 6) is 0.782. The fourth-order valence-electron chi connectivity index (χ4n) is 7.49. The number of methoxy groups -OCH3 is 3. The summed E-state index contributed by atoms with van der Waals surface area (Å²) in [5.41, 5.74) is 8.07. The van der Waals surface area contributed by atoms with E-state index in [9.17, 15) is 9.59 Å². The van der Waals surface area contributed by atoms with Gasteiger partial charge >= 0.3 is 5.97 Å². The molecule has 292 valence electrons. The zero-order chi connectivity index (χ0) is 40.1. The molecule has 1 N–H and O–H groups in total. The lowest BCUT2D eigenvalue weighted by Gasteiger charge is -2.36. The van der Waals surface area contributed by atoms with E-state index in [1.54, 1.807) is 21.3 Å². The van der Waals surface area contributed by atoms with Gasteiger partial charge in [0.05, 0.1) is 50.3 Å². The van der Waals surface area contributed by atoms with Crippen LogP contribution in [0.25, 0.3) is 33.8 Å². The number of nitrogens with zero attached hydrogens (tertiary/aromatic N) is 3. The second-order valence-corrected chi connectivity index (χ2v) is 15.3. The van der Waals surface area contributed by atoms with E-state index in [0.29, 0.717) is 46.7 Å². The topological polar surface area (TPSA) is 114 Å². The number of para-hydroxylation sites is 1. The molecule has 4 aromatic carbocycles. The van der Waals surface area contributed by atoms with Crippen LogP contribution in [0, 0.1) is 11.3 Å². The number of pyridine rings is 1. The molecular formula is C47H48N4O6. The average Bonchev–Trinajstić information content (AvgIpc) is 3.63. The van der Waals surface area contributed by atoms with E-state index in [4.69, 9.17) is 29.0 Å². The Hall–Kier alpha value is -6.42. The number of hydrogen-bond acceptors (Lipinski definition) is 8. The fourth-order valence-corrected chi connectivity index (χ4v) is 7.49. The van der Waals surface area contributed by atoms with Gasteiger partial charge in [0.25, 0.3) is 5.91 Å². The minimum atomic E-state index is -0.567. The van der Waals surface area contributed by atoms with Crippen LogP contribution in [0.2, 0.25) is 0 Å². The van der Waals surface area contributed by atoms with Crippen LogP contribution in [0.4, 0.5) is 0 Å². The Morgan fingerprint density at radius 1 is 0.842 bits per heavy atom. The van der Waals surface area contributed by atoms with Crippen LogP contribution in [-0.2, 0) is 29.0 Å². The van der Waals surface area contributed by atoms with Crippen LogP contribution in [0.1, 0.15) is 65.5 Å². The molecule has 1 aliphatic carbocycles. The van der Waals surface area contributed by atoms with Crippen LogP contribution >= 0.6 is 0 Å². The smallest absolute Gasteiger partial charge is 0.339 e. The fraction of sp³-hybridized carbons (Fsp3) is 0.277. The van der Waals surface area contributed by atoms with Crippen molar-refractivity contribution in [3.8, 4) is 28.5 Å². The SMILES string of the molecule is COc1cc(/C=C2/CC(C(C)(C)C)Cc3c2nc2ccccc2c3C(=O)OCC(=O)NCc2cn(Cc3ccccc3)nc2-c2ccccc2)cc(OC)c1OC. The van der Waals surface area contributed by atoms with Gasteiger partial charge in [-0.3, -0.25) is 9.48 Å². The Balaban J connectivity index is 1.17. The van der Waals surface area contributed by atoms with Crippen molar-refractivity contribution in [2.45, 2.75) is 46.7 Å². The second-order valence-electron chi connectivity index (χ2n) is 15.3. The van der Waals surface area contributed by atoms with Crippen molar-refractivity contribution in [1.29, 1.82) is 0 Å². The predicted molar refractivity (Wildman–Crippen MR) is 222 cm³/mol. The molecule has 1 amide bonds. The first-order valence-corrected chi connectivity index (χ1v) is 19.1. The number of aromatic nitrogens is 3. The number of ether oxygens (including phenoxy) is 4. The number of allylic oxidation sites excluding steroid dienone is 1. The summed E-state index contributed by atoms with van der Waals surface area (Å²) in [4.78, 5) is 32.8. The summed E-state index contributed by atoms with van der Waals surface area (Å²) in [6.07, 6.45) is 5.39.